The fourth-order valence-electron chi connectivity index (χ4n) is 2.34. The van der Waals surface area contributed by atoms with Crippen LogP contribution in [-0.2, 0) is 11.3 Å². The van der Waals surface area contributed by atoms with Crippen molar-refractivity contribution in [3.63, 3.8) is 0 Å². The summed E-state index contributed by atoms with van der Waals surface area (Å²) in [6.45, 7) is 3.42. The van der Waals surface area contributed by atoms with Crippen LogP contribution >= 0.6 is 11.6 Å². The summed E-state index contributed by atoms with van der Waals surface area (Å²) >= 11 is 5.76. The summed E-state index contributed by atoms with van der Waals surface area (Å²) in [6, 6.07) is 4.61. The van der Waals surface area contributed by atoms with E-state index in [1.54, 1.807) is 19.1 Å². The third-order valence-corrected chi connectivity index (χ3v) is 3.96. The molecule has 1 aliphatic heterocycles. The van der Waals surface area contributed by atoms with Gasteiger partial charge in [-0.3, -0.25) is 19.8 Å². The molecule has 20 heavy (non-hydrogen) atoms. The number of hydrogen-bond acceptors (Lipinski definition) is 4. The summed E-state index contributed by atoms with van der Waals surface area (Å²) in [5.41, 5.74) is 0.605. The third kappa shape index (κ3) is 3.08. The molecule has 0 aromatic heterocycles. The van der Waals surface area contributed by atoms with Gasteiger partial charge in [-0.2, -0.15) is 0 Å². The van der Waals surface area contributed by atoms with Crippen LogP contribution in [0.4, 0.5) is 5.69 Å². The highest BCUT2D eigenvalue weighted by molar-refractivity contribution is 6.30. The number of nitro groups is 1. The highest BCUT2D eigenvalue weighted by Gasteiger charge is 2.35. The van der Waals surface area contributed by atoms with E-state index in [4.69, 9.17) is 16.7 Å². The molecule has 0 spiro atoms. The number of rotatable bonds is 5. The molecule has 2 rings (SSSR count). The lowest BCUT2D eigenvalue weighted by Crippen LogP contribution is -2.50. The average molecular weight is 299 g/mol. The van der Waals surface area contributed by atoms with Crippen molar-refractivity contribution < 1.29 is 14.8 Å². The molecule has 108 valence electrons. The van der Waals surface area contributed by atoms with Gasteiger partial charge in [-0.05, 0) is 18.1 Å². The minimum Gasteiger partial charge on any atom is -0.481 e. The first-order valence-electron chi connectivity index (χ1n) is 6.26. The van der Waals surface area contributed by atoms with Gasteiger partial charge in [0, 0.05) is 36.3 Å². The summed E-state index contributed by atoms with van der Waals surface area (Å²) in [7, 11) is 0. The summed E-state index contributed by atoms with van der Waals surface area (Å²) < 4.78 is 0. The molecule has 1 N–H and O–H groups in total. The quantitative estimate of drug-likeness (QED) is 0.666. The summed E-state index contributed by atoms with van der Waals surface area (Å²) in [6.07, 6.45) is 0. The van der Waals surface area contributed by atoms with Gasteiger partial charge in [-0.1, -0.05) is 18.5 Å². The third-order valence-electron chi connectivity index (χ3n) is 3.72. The number of carbonyl (C=O) groups is 1. The van der Waals surface area contributed by atoms with Crippen LogP contribution in [0.1, 0.15) is 12.5 Å². The zero-order chi connectivity index (χ0) is 14.9. The number of hydrogen-bond donors (Lipinski definition) is 1. The average Bonchev–Trinajstić information content (AvgIpc) is 2.33. The monoisotopic (exact) mass is 298 g/mol. The second kappa shape index (κ2) is 5.76. The van der Waals surface area contributed by atoms with Gasteiger partial charge in [-0.25, -0.2) is 0 Å². The van der Waals surface area contributed by atoms with Crippen LogP contribution in [-0.4, -0.2) is 34.0 Å². The van der Waals surface area contributed by atoms with Gasteiger partial charge >= 0.3 is 5.97 Å². The van der Waals surface area contributed by atoms with E-state index in [0.717, 1.165) is 0 Å². The van der Waals surface area contributed by atoms with Gasteiger partial charge < -0.3 is 5.11 Å². The summed E-state index contributed by atoms with van der Waals surface area (Å²) in [5, 5.41) is 20.2. The molecule has 6 nitrogen and oxygen atoms in total. The van der Waals surface area contributed by atoms with Crippen LogP contribution in [0, 0.1) is 22.0 Å². The molecule has 1 aromatic carbocycles. The van der Waals surface area contributed by atoms with E-state index in [-0.39, 0.29) is 17.5 Å². The van der Waals surface area contributed by atoms with E-state index < -0.39 is 10.9 Å². The first-order chi connectivity index (χ1) is 9.38. The molecule has 1 unspecified atom stereocenters. The van der Waals surface area contributed by atoms with Gasteiger partial charge in [0.15, 0.2) is 0 Å². The molecule has 7 heteroatoms. The van der Waals surface area contributed by atoms with Gasteiger partial charge in [0.25, 0.3) is 5.69 Å². The number of halogens is 1. The lowest BCUT2D eigenvalue weighted by atomic mass is 9.87. The van der Waals surface area contributed by atoms with Crippen molar-refractivity contribution >= 4 is 23.3 Å². The minimum absolute atomic E-state index is 0.00670. The lowest BCUT2D eigenvalue weighted by molar-refractivity contribution is -0.385. The van der Waals surface area contributed by atoms with Crippen molar-refractivity contribution in [2.45, 2.75) is 13.5 Å². The Bertz CT molecular complexity index is 543. The number of carboxylic acids is 1. The highest BCUT2D eigenvalue weighted by Crippen LogP contribution is 2.29. The molecule has 1 fully saturated rings. The molecule has 0 bridgehead atoms. The minimum atomic E-state index is -0.799. The van der Waals surface area contributed by atoms with Crippen LogP contribution in [0.15, 0.2) is 18.2 Å². The number of carboxylic acid groups (broad SMARTS) is 1. The molecule has 1 aromatic rings. The van der Waals surface area contributed by atoms with Crippen molar-refractivity contribution in [1.82, 2.24) is 4.90 Å². The Kier molecular flexibility index (Phi) is 4.25. The SMILES string of the molecule is CC(C(=O)O)C1CN(Cc2ccc(Cl)cc2[N+](=O)[O-])C1. The Hall–Kier alpha value is -1.66. The molecule has 0 aliphatic carbocycles. The normalized spacial score (nSPS) is 17.5. The van der Waals surface area contributed by atoms with Crippen LogP contribution < -0.4 is 0 Å². The Morgan fingerprint density at radius 1 is 1.60 bits per heavy atom. The van der Waals surface area contributed by atoms with E-state index in [1.807, 2.05) is 4.90 Å². The molecule has 0 amide bonds. The fourth-order valence-corrected chi connectivity index (χ4v) is 2.50. The van der Waals surface area contributed by atoms with E-state index in [2.05, 4.69) is 0 Å². The number of nitrogens with zero attached hydrogens (tertiary/aromatic N) is 2. The molecule has 1 atom stereocenters. The molecular weight excluding hydrogens is 284 g/mol. The van der Waals surface area contributed by atoms with E-state index in [9.17, 15) is 14.9 Å². The van der Waals surface area contributed by atoms with Crippen molar-refractivity contribution in [2.24, 2.45) is 11.8 Å². The van der Waals surface area contributed by atoms with E-state index in [1.165, 1.54) is 6.07 Å². The maximum Gasteiger partial charge on any atom is 0.306 e. The van der Waals surface area contributed by atoms with Gasteiger partial charge in [-0.15, -0.1) is 0 Å². The zero-order valence-corrected chi connectivity index (χ0v) is 11.7. The number of benzene rings is 1. The maximum atomic E-state index is 11.0. The van der Waals surface area contributed by atoms with E-state index >= 15 is 0 Å². The number of aliphatic carboxylic acids is 1. The second-order valence-corrected chi connectivity index (χ2v) is 5.55. The largest absolute Gasteiger partial charge is 0.481 e. The van der Waals surface area contributed by atoms with Crippen molar-refractivity contribution in [2.75, 3.05) is 13.1 Å². The van der Waals surface area contributed by atoms with Gasteiger partial charge in [0.1, 0.15) is 0 Å². The predicted octanol–water partition coefficient (Wildman–Crippen LogP) is 2.40. The molecule has 1 heterocycles. The molecular formula is C13H15ClN2O4. The maximum absolute atomic E-state index is 11.0. The molecule has 0 radical (unpaired) electrons. The molecule has 1 aliphatic rings. The standard InChI is InChI=1S/C13H15ClN2O4/c1-8(13(17)18)10-6-15(7-10)5-9-2-3-11(14)4-12(9)16(19)20/h2-4,8,10H,5-7H2,1H3,(H,17,18). The topological polar surface area (TPSA) is 83.7 Å². The van der Waals surface area contributed by atoms with Crippen LogP contribution in [0.5, 0.6) is 0 Å². The summed E-state index contributed by atoms with van der Waals surface area (Å²) in [5.74, 6) is -1.07. The zero-order valence-electron chi connectivity index (χ0n) is 11.0. The number of nitro benzene ring substituents is 1. The van der Waals surface area contributed by atoms with Crippen molar-refractivity contribution in [3.05, 3.63) is 38.9 Å². The molecule has 0 saturated carbocycles. The Morgan fingerprint density at radius 3 is 2.80 bits per heavy atom. The Morgan fingerprint density at radius 2 is 2.25 bits per heavy atom. The first-order valence-corrected chi connectivity index (χ1v) is 6.64. The second-order valence-electron chi connectivity index (χ2n) is 5.11. The van der Waals surface area contributed by atoms with Crippen LogP contribution in [0.3, 0.4) is 0 Å². The van der Waals surface area contributed by atoms with Crippen molar-refractivity contribution in [1.29, 1.82) is 0 Å². The Balaban J connectivity index is 2.00. The van der Waals surface area contributed by atoms with Gasteiger partial charge in [0.2, 0.25) is 0 Å². The summed E-state index contributed by atoms with van der Waals surface area (Å²) in [4.78, 5) is 23.4. The molecule has 1 saturated heterocycles. The predicted molar refractivity (Wildman–Crippen MR) is 73.7 cm³/mol. The van der Waals surface area contributed by atoms with E-state index in [0.29, 0.717) is 30.2 Å². The Labute approximate surface area is 121 Å². The van der Waals surface area contributed by atoms with Crippen LogP contribution in [0.25, 0.3) is 0 Å². The lowest BCUT2D eigenvalue weighted by Gasteiger charge is -2.41. The van der Waals surface area contributed by atoms with Crippen molar-refractivity contribution in [3.8, 4) is 0 Å². The van der Waals surface area contributed by atoms with Gasteiger partial charge in [0.05, 0.1) is 10.8 Å². The highest BCUT2D eigenvalue weighted by atomic mass is 35.5. The van der Waals surface area contributed by atoms with Crippen LogP contribution in [0.2, 0.25) is 5.02 Å². The smallest absolute Gasteiger partial charge is 0.306 e. The fraction of sp³-hybridized carbons (Fsp3) is 0.462. The number of likely N-dealkylation sites (tertiary alicyclic amines) is 1. The first kappa shape index (κ1) is 14.7.